The Morgan fingerprint density at radius 1 is 1.29 bits per heavy atom. The van der Waals surface area contributed by atoms with Gasteiger partial charge in [0.15, 0.2) is 5.13 Å². The molecule has 28 heavy (non-hydrogen) atoms. The lowest BCUT2D eigenvalue weighted by atomic mass is 9.90. The topological polar surface area (TPSA) is 88.6 Å². The highest BCUT2D eigenvalue weighted by molar-refractivity contribution is 7.93. The number of amides is 1. The molecule has 0 spiro atoms. The zero-order valence-electron chi connectivity index (χ0n) is 16.2. The molecule has 1 aromatic heterocycles. The highest BCUT2D eigenvalue weighted by Gasteiger charge is 2.28. The van der Waals surface area contributed by atoms with Crippen molar-refractivity contribution in [3.05, 3.63) is 41.4 Å². The van der Waals surface area contributed by atoms with Gasteiger partial charge in [-0.25, -0.2) is 18.2 Å². The van der Waals surface area contributed by atoms with E-state index in [2.05, 4.69) is 9.71 Å². The highest BCUT2D eigenvalue weighted by Crippen LogP contribution is 2.30. The summed E-state index contributed by atoms with van der Waals surface area (Å²) in [4.78, 5) is 18.1. The molecule has 3 rings (SSSR count). The predicted octanol–water partition coefficient (Wildman–Crippen LogP) is 4.06. The van der Waals surface area contributed by atoms with Crippen LogP contribution in [0, 0.1) is 0 Å². The first-order valence-electron chi connectivity index (χ1n) is 9.14. The first-order chi connectivity index (χ1) is 13.1. The van der Waals surface area contributed by atoms with Crippen molar-refractivity contribution in [3.8, 4) is 0 Å². The average Bonchev–Trinajstić information content (AvgIpc) is 3.13. The molecule has 0 aliphatic carbocycles. The van der Waals surface area contributed by atoms with Crippen molar-refractivity contribution in [1.29, 1.82) is 0 Å². The molecule has 0 unspecified atom stereocenters. The van der Waals surface area contributed by atoms with Gasteiger partial charge < -0.3 is 9.64 Å². The third-order valence-corrected chi connectivity index (χ3v) is 6.59. The van der Waals surface area contributed by atoms with E-state index in [1.165, 1.54) is 11.3 Å². The summed E-state index contributed by atoms with van der Waals surface area (Å²) in [5.74, 6) is 0.202. The van der Waals surface area contributed by atoms with Crippen LogP contribution in [-0.4, -0.2) is 43.1 Å². The number of piperidine rings is 1. The Morgan fingerprint density at radius 2 is 2.00 bits per heavy atom. The second-order valence-corrected chi connectivity index (χ2v) is 10.3. The number of sulfonamides is 1. The van der Waals surface area contributed by atoms with Gasteiger partial charge in [-0.1, -0.05) is 12.1 Å². The van der Waals surface area contributed by atoms with Crippen molar-refractivity contribution in [2.45, 2.75) is 50.0 Å². The largest absolute Gasteiger partial charge is 0.444 e. The number of nitrogens with one attached hydrogen (secondary N) is 1. The normalized spacial score (nSPS) is 16.0. The van der Waals surface area contributed by atoms with Crippen LogP contribution in [0.2, 0.25) is 0 Å². The molecular weight excluding hydrogens is 398 g/mol. The van der Waals surface area contributed by atoms with Crippen molar-refractivity contribution in [2.24, 2.45) is 0 Å². The van der Waals surface area contributed by atoms with E-state index in [-0.39, 0.29) is 16.9 Å². The summed E-state index contributed by atoms with van der Waals surface area (Å²) in [6, 6.07) is 6.99. The molecule has 2 heterocycles. The van der Waals surface area contributed by atoms with Crippen molar-refractivity contribution >= 4 is 32.6 Å². The second-order valence-electron chi connectivity index (χ2n) is 7.76. The first-order valence-corrected chi connectivity index (χ1v) is 11.5. The van der Waals surface area contributed by atoms with E-state index in [1.807, 2.05) is 26.8 Å². The zero-order chi connectivity index (χ0) is 20.4. The van der Waals surface area contributed by atoms with Crippen LogP contribution in [0.4, 0.5) is 9.93 Å². The fraction of sp³-hybridized carbons (Fsp3) is 0.474. The monoisotopic (exact) mass is 423 g/mol. The number of thiazole rings is 1. The third-order valence-electron chi connectivity index (χ3n) is 4.44. The minimum absolute atomic E-state index is 0.202. The van der Waals surface area contributed by atoms with Gasteiger partial charge in [0, 0.05) is 24.7 Å². The van der Waals surface area contributed by atoms with Gasteiger partial charge in [0.2, 0.25) is 0 Å². The molecule has 0 saturated carbocycles. The summed E-state index contributed by atoms with van der Waals surface area (Å²) in [6.07, 6.45) is 2.79. The maximum Gasteiger partial charge on any atom is 0.410 e. The van der Waals surface area contributed by atoms with E-state index in [1.54, 1.807) is 34.7 Å². The third kappa shape index (κ3) is 5.23. The van der Waals surface area contributed by atoms with Crippen LogP contribution in [0.3, 0.4) is 0 Å². The summed E-state index contributed by atoms with van der Waals surface area (Å²) >= 11 is 1.23. The predicted molar refractivity (Wildman–Crippen MR) is 109 cm³/mol. The number of carbonyl (C=O) groups is 1. The van der Waals surface area contributed by atoms with E-state index in [0.717, 1.165) is 18.4 Å². The summed E-state index contributed by atoms with van der Waals surface area (Å²) in [5.41, 5.74) is 0.451. The van der Waals surface area contributed by atoms with Crippen molar-refractivity contribution in [1.82, 2.24) is 9.88 Å². The van der Waals surface area contributed by atoms with Gasteiger partial charge >= 0.3 is 6.09 Å². The number of rotatable bonds is 4. The van der Waals surface area contributed by atoms with Crippen molar-refractivity contribution in [3.63, 3.8) is 0 Å². The maximum atomic E-state index is 12.6. The first kappa shape index (κ1) is 20.6. The number of likely N-dealkylation sites (tertiary alicyclic amines) is 1. The van der Waals surface area contributed by atoms with Gasteiger partial charge in [0.25, 0.3) is 10.0 Å². The summed E-state index contributed by atoms with van der Waals surface area (Å²) in [5, 5.41) is 2.06. The zero-order valence-corrected chi connectivity index (χ0v) is 17.8. The minimum Gasteiger partial charge on any atom is -0.444 e. The maximum absolute atomic E-state index is 12.6. The summed E-state index contributed by atoms with van der Waals surface area (Å²) in [7, 11) is -3.68. The molecule has 7 nitrogen and oxygen atoms in total. The van der Waals surface area contributed by atoms with E-state index in [4.69, 9.17) is 4.74 Å². The van der Waals surface area contributed by atoms with Gasteiger partial charge in [0.1, 0.15) is 5.60 Å². The smallest absolute Gasteiger partial charge is 0.410 e. The molecule has 2 aromatic rings. The van der Waals surface area contributed by atoms with Crippen LogP contribution >= 0.6 is 11.3 Å². The van der Waals surface area contributed by atoms with Gasteiger partial charge in [-0.2, -0.15) is 0 Å². The van der Waals surface area contributed by atoms with E-state index in [0.29, 0.717) is 18.2 Å². The van der Waals surface area contributed by atoms with Crippen LogP contribution in [0.1, 0.15) is 45.1 Å². The Morgan fingerprint density at radius 3 is 2.61 bits per heavy atom. The van der Waals surface area contributed by atoms with Crippen LogP contribution in [-0.2, 0) is 14.8 Å². The van der Waals surface area contributed by atoms with Crippen LogP contribution in [0.25, 0.3) is 0 Å². The Bertz CT molecular complexity index is 913. The Balaban J connectivity index is 1.66. The van der Waals surface area contributed by atoms with E-state index >= 15 is 0 Å². The van der Waals surface area contributed by atoms with Gasteiger partial charge in [-0.3, -0.25) is 4.72 Å². The molecule has 0 bridgehead atoms. The Kier molecular flexibility index (Phi) is 5.95. The van der Waals surface area contributed by atoms with Crippen LogP contribution in [0.5, 0.6) is 0 Å². The molecule has 1 aliphatic rings. The quantitative estimate of drug-likeness (QED) is 0.801. The molecular formula is C19H25N3O4S2. The molecule has 1 aliphatic heterocycles. The van der Waals surface area contributed by atoms with Gasteiger partial charge in [0.05, 0.1) is 4.90 Å². The van der Waals surface area contributed by atoms with Gasteiger partial charge in [-0.05, 0) is 57.2 Å². The number of nitrogens with zero attached hydrogens (tertiary/aromatic N) is 2. The van der Waals surface area contributed by atoms with E-state index in [9.17, 15) is 13.2 Å². The SMILES string of the molecule is CC(C)(C)OC(=O)N1CCC(c2cccc(S(=O)(=O)Nc3nccs3)c2)CC1. The van der Waals surface area contributed by atoms with Crippen molar-refractivity contribution in [2.75, 3.05) is 17.8 Å². The summed E-state index contributed by atoms with van der Waals surface area (Å²) in [6.45, 7) is 6.73. The fourth-order valence-electron chi connectivity index (χ4n) is 3.11. The standard InChI is InChI=1S/C19H25N3O4S2/c1-19(2,3)26-18(23)22-10-7-14(8-11-22)15-5-4-6-16(13-15)28(24,25)21-17-20-9-12-27-17/h4-6,9,12-14H,7-8,10-11H2,1-3H3,(H,20,21). The summed E-state index contributed by atoms with van der Waals surface area (Å²) < 4.78 is 33.1. The molecule has 0 atom stereocenters. The van der Waals surface area contributed by atoms with Crippen LogP contribution in [0.15, 0.2) is 40.7 Å². The van der Waals surface area contributed by atoms with Crippen LogP contribution < -0.4 is 4.72 Å². The lowest BCUT2D eigenvalue weighted by Crippen LogP contribution is -2.41. The molecule has 1 N–H and O–H groups in total. The number of ether oxygens (including phenoxy) is 1. The van der Waals surface area contributed by atoms with E-state index < -0.39 is 15.6 Å². The second kappa shape index (κ2) is 8.08. The molecule has 1 amide bonds. The molecule has 1 fully saturated rings. The fourth-order valence-corrected chi connectivity index (χ4v) is 4.95. The number of hydrogen-bond acceptors (Lipinski definition) is 6. The lowest BCUT2D eigenvalue weighted by molar-refractivity contribution is 0.0205. The van der Waals surface area contributed by atoms with Crippen molar-refractivity contribution < 1.29 is 17.9 Å². The Hall–Kier alpha value is -2.13. The Labute approximate surface area is 169 Å². The van der Waals surface area contributed by atoms with Gasteiger partial charge in [-0.15, -0.1) is 11.3 Å². The highest BCUT2D eigenvalue weighted by atomic mass is 32.2. The number of carbonyl (C=O) groups excluding carboxylic acids is 1. The molecule has 152 valence electrons. The average molecular weight is 424 g/mol. The minimum atomic E-state index is -3.68. The number of anilines is 1. The number of aromatic nitrogens is 1. The molecule has 9 heteroatoms. The molecule has 1 aromatic carbocycles. The lowest BCUT2D eigenvalue weighted by Gasteiger charge is -2.33. The number of hydrogen-bond donors (Lipinski definition) is 1. The molecule has 0 radical (unpaired) electrons. The molecule has 1 saturated heterocycles. The number of benzene rings is 1.